The van der Waals surface area contributed by atoms with Crippen LogP contribution in [-0.2, 0) is 11.3 Å². The van der Waals surface area contributed by atoms with Crippen molar-refractivity contribution in [2.45, 2.75) is 26.8 Å². The Bertz CT molecular complexity index is 375. The molecule has 1 heterocycles. The van der Waals surface area contributed by atoms with E-state index in [1.807, 2.05) is 13.8 Å². The van der Waals surface area contributed by atoms with E-state index in [4.69, 9.17) is 5.73 Å². The Morgan fingerprint density at radius 3 is 2.54 bits per heavy atom. The summed E-state index contributed by atoms with van der Waals surface area (Å²) in [4.78, 5) is 24.4. The molecule has 0 radical (unpaired) electrons. The Morgan fingerprint density at radius 1 is 1.54 bits per heavy atom. The van der Waals surface area contributed by atoms with E-state index in [1.165, 1.54) is 4.57 Å². The van der Waals surface area contributed by atoms with Crippen LogP contribution in [0.15, 0.2) is 4.79 Å². The minimum absolute atomic E-state index is 0.184. The standard InChI is InChI=1S/C8H13N3O2/c1-5-6(2)11(8(13)10-5)4-3-7(9)12/h3-4H2,1-2H3,(H2,9,12)(H,10,13). The van der Waals surface area contributed by atoms with Gasteiger partial charge in [0.15, 0.2) is 0 Å². The molecule has 0 saturated carbocycles. The van der Waals surface area contributed by atoms with E-state index in [1.54, 1.807) is 0 Å². The summed E-state index contributed by atoms with van der Waals surface area (Å²) >= 11 is 0. The molecule has 0 atom stereocenters. The highest BCUT2D eigenvalue weighted by molar-refractivity contribution is 5.73. The fourth-order valence-electron chi connectivity index (χ4n) is 1.16. The number of nitrogens with two attached hydrogens (primary N) is 1. The lowest BCUT2D eigenvalue weighted by Crippen LogP contribution is -2.22. The number of amides is 1. The van der Waals surface area contributed by atoms with Crippen molar-refractivity contribution in [3.05, 3.63) is 21.9 Å². The Labute approximate surface area is 75.6 Å². The van der Waals surface area contributed by atoms with Crippen molar-refractivity contribution in [1.29, 1.82) is 0 Å². The first-order valence-corrected chi connectivity index (χ1v) is 4.06. The molecule has 0 unspecified atom stereocenters. The average molecular weight is 183 g/mol. The van der Waals surface area contributed by atoms with Gasteiger partial charge in [0.25, 0.3) is 0 Å². The molecular weight excluding hydrogens is 170 g/mol. The SMILES string of the molecule is Cc1[nH]c(=O)n(CCC(N)=O)c1C. The molecule has 0 spiro atoms. The number of nitrogens with one attached hydrogen (secondary N) is 1. The van der Waals surface area contributed by atoms with Gasteiger partial charge >= 0.3 is 5.69 Å². The van der Waals surface area contributed by atoms with Crippen molar-refractivity contribution < 1.29 is 4.79 Å². The van der Waals surface area contributed by atoms with Gasteiger partial charge in [-0.15, -0.1) is 0 Å². The van der Waals surface area contributed by atoms with Crippen LogP contribution in [0.25, 0.3) is 0 Å². The molecule has 0 saturated heterocycles. The Hall–Kier alpha value is -1.52. The van der Waals surface area contributed by atoms with Crippen molar-refractivity contribution in [3.63, 3.8) is 0 Å². The molecule has 3 N–H and O–H groups in total. The number of hydrogen-bond donors (Lipinski definition) is 2. The number of hydrogen-bond acceptors (Lipinski definition) is 2. The second-order valence-corrected chi connectivity index (χ2v) is 3.01. The van der Waals surface area contributed by atoms with Crippen molar-refractivity contribution in [2.75, 3.05) is 0 Å². The maximum atomic E-state index is 11.2. The lowest BCUT2D eigenvalue weighted by Gasteiger charge is -2.01. The lowest BCUT2D eigenvalue weighted by molar-refractivity contribution is -0.118. The van der Waals surface area contributed by atoms with Crippen LogP contribution in [0.5, 0.6) is 0 Å². The number of imidazole rings is 1. The summed E-state index contributed by atoms with van der Waals surface area (Å²) in [7, 11) is 0. The fourth-order valence-corrected chi connectivity index (χ4v) is 1.16. The van der Waals surface area contributed by atoms with Crippen LogP contribution in [-0.4, -0.2) is 15.5 Å². The predicted molar refractivity (Wildman–Crippen MR) is 48.3 cm³/mol. The van der Waals surface area contributed by atoms with Crippen LogP contribution < -0.4 is 11.4 Å². The minimum atomic E-state index is -0.398. The van der Waals surface area contributed by atoms with Crippen LogP contribution in [0.3, 0.4) is 0 Å². The fraction of sp³-hybridized carbons (Fsp3) is 0.500. The monoisotopic (exact) mass is 183 g/mol. The predicted octanol–water partition coefficient (Wildman–Crippen LogP) is -0.331. The molecule has 5 nitrogen and oxygen atoms in total. The number of primary amides is 1. The van der Waals surface area contributed by atoms with Gasteiger partial charge in [-0.3, -0.25) is 9.36 Å². The molecule has 13 heavy (non-hydrogen) atoms. The zero-order chi connectivity index (χ0) is 10.0. The normalized spacial score (nSPS) is 10.3. The summed E-state index contributed by atoms with van der Waals surface area (Å²) < 4.78 is 1.51. The summed E-state index contributed by atoms with van der Waals surface area (Å²) in [5, 5.41) is 0. The Balaban J connectivity index is 2.88. The number of H-pyrrole nitrogens is 1. The third kappa shape index (κ3) is 1.99. The summed E-state index contributed by atoms with van der Waals surface area (Å²) in [5.41, 5.74) is 6.48. The van der Waals surface area contributed by atoms with Gasteiger partial charge in [-0.05, 0) is 13.8 Å². The highest BCUT2D eigenvalue weighted by atomic mass is 16.1. The molecule has 1 aromatic heterocycles. The van der Waals surface area contributed by atoms with Gasteiger partial charge in [0.05, 0.1) is 0 Å². The molecule has 0 aliphatic heterocycles. The maximum absolute atomic E-state index is 11.2. The quantitative estimate of drug-likeness (QED) is 0.672. The molecule has 1 rings (SSSR count). The number of aryl methyl sites for hydroxylation is 1. The van der Waals surface area contributed by atoms with Gasteiger partial charge in [0.1, 0.15) is 0 Å². The van der Waals surface area contributed by atoms with E-state index in [2.05, 4.69) is 4.98 Å². The van der Waals surface area contributed by atoms with Gasteiger partial charge in [-0.25, -0.2) is 4.79 Å². The first-order chi connectivity index (χ1) is 6.02. The van der Waals surface area contributed by atoms with E-state index in [0.29, 0.717) is 6.54 Å². The average Bonchev–Trinajstić information content (AvgIpc) is 2.24. The molecule has 1 aromatic rings. The summed E-state index contributed by atoms with van der Waals surface area (Å²) in [6.45, 7) is 4.00. The van der Waals surface area contributed by atoms with Crippen LogP contribution in [0.4, 0.5) is 0 Å². The van der Waals surface area contributed by atoms with Gasteiger partial charge in [-0.2, -0.15) is 0 Å². The Morgan fingerprint density at radius 2 is 2.15 bits per heavy atom. The molecule has 0 bridgehead atoms. The molecule has 0 aliphatic rings. The third-order valence-corrected chi connectivity index (χ3v) is 2.07. The topological polar surface area (TPSA) is 80.9 Å². The smallest absolute Gasteiger partial charge is 0.325 e. The third-order valence-electron chi connectivity index (χ3n) is 2.07. The summed E-state index contributed by atoms with van der Waals surface area (Å²) in [6.07, 6.45) is 0.192. The summed E-state index contributed by atoms with van der Waals surface area (Å²) in [5.74, 6) is -0.398. The molecule has 0 aliphatic carbocycles. The highest BCUT2D eigenvalue weighted by Gasteiger charge is 2.06. The number of nitrogens with zero attached hydrogens (tertiary/aromatic N) is 1. The van der Waals surface area contributed by atoms with Gasteiger partial charge in [0, 0.05) is 24.4 Å². The number of carbonyl (C=O) groups is 1. The second-order valence-electron chi connectivity index (χ2n) is 3.01. The van der Waals surface area contributed by atoms with Crippen LogP contribution in [0.1, 0.15) is 17.8 Å². The number of aromatic nitrogens is 2. The number of aromatic amines is 1. The molecule has 1 amide bonds. The summed E-state index contributed by atoms with van der Waals surface area (Å²) in [6, 6.07) is 0. The number of rotatable bonds is 3. The highest BCUT2D eigenvalue weighted by Crippen LogP contribution is 2.00. The van der Waals surface area contributed by atoms with Crippen LogP contribution in [0.2, 0.25) is 0 Å². The van der Waals surface area contributed by atoms with Crippen LogP contribution >= 0.6 is 0 Å². The van der Waals surface area contributed by atoms with Crippen molar-refractivity contribution >= 4 is 5.91 Å². The second kappa shape index (κ2) is 3.47. The molecular formula is C8H13N3O2. The van der Waals surface area contributed by atoms with E-state index in [0.717, 1.165) is 11.4 Å². The van der Waals surface area contributed by atoms with E-state index >= 15 is 0 Å². The number of carbonyl (C=O) groups excluding carboxylic acids is 1. The molecule has 0 aromatic carbocycles. The van der Waals surface area contributed by atoms with Crippen molar-refractivity contribution in [3.8, 4) is 0 Å². The zero-order valence-corrected chi connectivity index (χ0v) is 7.76. The van der Waals surface area contributed by atoms with Gasteiger partial charge in [-0.1, -0.05) is 0 Å². The van der Waals surface area contributed by atoms with Crippen LogP contribution in [0, 0.1) is 13.8 Å². The molecule has 72 valence electrons. The maximum Gasteiger partial charge on any atom is 0.325 e. The first kappa shape index (κ1) is 9.57. The van der Waals surface area contributed by atoms with Crippen molar-refractivity contribution in [2.24, 2.45) is 5.73 Å². The van der Waals surface area contributed by atoms with Crippen molar-refractivity contribution in [1.82, 2.24) is 9.55 Å². The van der Waals surface area contributed by atoms with Gasteiger partial charge < -0.3 is 10.7 Å². The molecule has 0 fully saturated rings. The largest absolute Gasteiger partial charge is 0.370 e. The molecule has 5 heteroatoms. The lowest BCUT2D eigenvalue weighted by atomic mass is 10.3. The van der Waals surface area contributed by atoms with Gasteiger partial charge in [0.2, 0.25) is 5.91 Å². The Kier molecular flexibility index (Phi) is 2.55. The first-order valence-electron chi connectivity index (χ1n) is 4.06. The zero-order valence-electron chi connectivity index (χ0n) is 7.76. The van der Waals surface area contributed by atoms with E-state index in [-0.39, 0.29) is 12.1 Å². The van der Waals surface area contributed by atoms with E-state index in [9.17, 15) is 9.59 Å². The minimum Gasteiger partial charge on any atom is -0.370 e. The van der Waals surface area contributed by atoms with E-state index < -0.39 is 5.91 Å².